The topological polar surface area (TPSA) is 66.4 Å². The Kier molecular flexibility index (Phi) is 5.06. The highest BCUT2D eigenvalue weighted by Crippen LogP contribution is 2.48. The number of thioether (sulfide) groups is 1. The minimum Gasteiger partial charge on any atom is -0.481 e. The maximum absolute atomic E-state index is 12.0. The standard InChI is InChI=1S/C15H19NO3S/c1-10-4-2-3-5-11(10)12-8-13(12)15(19)16-6-7-20-9-14(17)18/h2-5,12-13H,6-9H2,1H3,(H,16,19)(H,17,18). The van der Waals surface area contributed by atoms with Crippen LogP contribution in [0.2, 0.25) is 0 Å². The Morgan fingerprint density at radius 1 is 1.40 bits per heavy atom. The molecule has 5 heteroatoms. The number of hydrogen-bond acceptors (Lipinski definition) is 3. The van der Waals surface area contributed by atoms with Crippen LogP contribution >= 0.6 is 11.8 Å². The Morgan fingerprint density at radius 2 is 2.15 bits per heavy atom. The van der Waals surface area contributed by atoms with Gasteiger partial charge in [0.25, 0.3) is 0 Å². The fraction of sp³-hybridized carbons (Fsp3) is 0.467. The van der Waals surface area contributed by atoms with E-state index in [0.29, 0.717) is 18.2 Å². The molecule has 1 aromatic rings. The monoisotopic (exact) mass is 293 g/mol. The molecule has 1 fully saturated rings. The summed E-state index contributed by atoms with van der Waals surface area (Å²) in [6, 6.07) is 8.19. The summed E-state index contributed by atoms with van der Waals surface area (Å²) >= 11 is 1.32. The molecule has 0 radical (unpaired) electrons. The van der Waals surface area contributed by atoms with Gasteiger partial charge in [-0.1, -0.05) is 24.3 Å². The number of hydrogen-bond donors (Lipinski definition) is 2. The zero-order valence-corrected chi connectivity index (χ0v) is 12.3. The highest BCUT2D eigenvalue weighted by molar-refractivity contribution is 7.99. The van der Waals surface area contributed by atoms with Crippen LogP contribution in [0.3, 0.4) is 0 Å². The molecule has 1 aliphatic carbocycles. The SMILES string of the molecule is Cc1ccccc1C1CC1C(=O)NCCSCC(=O)O. The summed E-state index contributed by atoms with van der Waals surface area (Å²) in [5.74, 6) is 0.436. The smallest absolute Gasteiger partial charge is 0.313 e. The van der Waals surface area contributed by atoms with Crippen molar-refractivity contribution in [2.45, 2.75) is 19.3 Å². The van der Waals surface area contributed by atoms with Gasteiger partial charge in [-0.15, -0.1) is 11.8 Å². The lowest BCUT2D eigenvalue weighted by Gasteiger charge is -2.06. The van der Waals surface area contributed by atoms with Crippen molar-refractivity contribution in [2.24, 2.45) is 5.92 Å². The van der Waals surface area contributed by atoms with Crippen molar-refractivity contribution in [3.63, 3.8) is 0 Å². The van der Waals surface area contributed by atoms with Crippen molar-refractivity contribution in [3.8, 4) is 0 Å². The van der Waals surface area contributed by atoms with Gasteiger partial charge in [0.05, 0.1) is 5.75 Å². The first kappa shape index (κ1) is 14.9. The third kappa shape index (κ3) is 4.00. The number of amides is 1. The van der Waals surface area contributed by atoms with E-state index < -0.39 is 5.97 Å². The number of nitrogens with one attached hydrogen (secondary N) is 1. The number of benzene rings is 1. The van der Waals surface area contributed by atoms with Crippen LogP contribution in [0.4, 0.5) is 0 Å². The molecule has 0 bridgehead atoms. The molecule has 1 saturated carbocycles. The van der Waals surface area contributed by atoms with Gasteiger partial charge < -0.3 is 10.4 Å². The number of carboxylic acids is 1. The highest BCUT2D eigenvalue weighted by atomic mass is 32.2. The molecule has 108 valence electrons. The van der Waals surface area contributed by atoms with Gasteiger partial charge >= 0.3 is 5.97 Å². The van der Waals surface area contributed by atoms with Gasteiger partial charge in [-0.05, 0) is 30.4 Å². The summed E-state index contributed by atoms with van der Waals surface area (Å²) in [7, 11) is 0. The predicted molar refractivity (Wildman–Crippen MR) is 80.0 cm³/mol. The van der Waals surface area contributed by atoms with E-state index in [-0.39, 0.29) is 17.6 Å². The summed E-state index contributed by atoms with van der Waals surface area (Å²) in [4.78, 5) is 22.3. The van der Waals surface area contributed by atoms with E-state index >= 15 is 0 Å². The van der Waals surface area contributed by atoms with E-state index in [1.54, 1.807) is 0 Å². The predicted octanol–water partition coefficient (Wildman–Crippen LogP) is 2.03. The molecule has 0 saturated heterocycles. The first-order valence-electron chi connectivity index (χ1n) is 6.72. The van der Waals surface area contributed by atoms with Gasteiger partial charge in [-0.25, -0.2) is 0 Å². The van der Waals surface area contributed by atoms with E-state index in [2.05, 4.69) is 24.4 Å². The summed E-state index contributed by atoms with van der Waals surface area (Å²) in [6.45, 7) is 2.61. The molecule has 4 nitrogen and oxygen atoms in total. The van der Waals surface area contributed by atoms with Crippen LogP contribution in [0.15, 0.2) is 24.3 Å². The van der Waals surface area contributed by atoms with E-state index in [1.165, 1.54) is 22.9 Å². The Hall–Kier alpha value is -1.49. The molecule has 1 amide bonds. The summed E-state index contributed by atoms with van der Waals surface area (Å²) in [5.41, 5.74) is 2.51. The highest BCUT2D eigenvalue weighted by Gasteiger charge is 2.44. The Balaban J connectivity index is 1.71. The van der Waals surface area contributed by atoms with Crippen LogP contribution < -0.4 is 5.32 Å². The number of rotatable bonds is 7. The average Bonchev–Trinajstić information content (AvgIpc) is 3.18. The maximum atomic E-state index is 12.0. The van der Waals surface area contributed by atoms with Crippen LogP contribution in [0.1, 0.15) is 23.5 Å². The van der Waals surface area contributed by atoms with Gasteiger partial charge in [0.2, 0.25) is 5.91 Å². The van der Waals surface area contributed by atoms with Crippen molar-refractivity contribution in [3.05, 3.63) is 35.4 Å². The van der Waals surface area contributed by atoms with Gasteiger partial charge in [0.15, 0.2) is 0 Å². The van der Waals surface area contributed by atoms with Gasteiger partial charge in [0, 0.05) is 18.2 Å². The molecule has 0 heterocycles. The van der Waals surface area contributed by atoms with Crippen molar-refractivity contribution < 1.29 is 14.7 Å². The quantitative estimate of drug-likeness (QED) is 0.755. The van der Waals surface area contributed by atoms with E-state index in [1.807, 2.05) is 12.1 Å². The minimum atomic E-state index is -0.817. The number of aryl methyl sites for hydroxylation is 1. The molecular formula is C15H19NO3S. The maximum Gasteiger partial charge on any atom is 0.313 e. The molecule has 0 spiro atoms. The Labute approximate surface area is 123 Å². The fourth-order valence-electron chi connectivity index (χ4n) is 2.37. The second-order valence-electron chi connectivity index (χ2n) is 5.04. The van der Waals surface area contributed by atoms with E-state index in [4.69, 9.17) is 5.11 Å². The molecule has 2 rings (SSSR count). The largest absolute Gasteiger partial charge is 0.481 e. The second kappa shape index (κ2) is 6.79. The van der Waals surface area contributed by atoms with Gasteiger partial charge in [0.1, 0.15) is 0 Å². The molecular weight excluding hydrogens is 274 g/mol. The van der Waals surface area contributed by atoms with Gasteiger partial charge in [-0.3, -0.25) is 9.59 Å². The van der Waals surface area contributed by atoms with Crippen LogP contribution in [0.25, 0.3) is 0 Å². The Bertz CT molecular complexity index is 504. The van der Waals surface area contributed by atoms with E-state index in [9.17, 15) is 9.59 Å². The number of carbonyl (C=O) groups is 2. The molecule has 0 aromatic heterocycles. The zero-order chi connectivity index (χ0) is 14.5. The van der Waals surface area contributed by atoms with Crippen LogP contribution in [-0.2, 0) is 9.59 Å². The van der Waals surface area contributed by atoms with E-state index in [0.717, 1.165) is 6.42 Å². The average molecular weight is 293 g/mol. The molecule has 2 atom stereocenters. The van der Waals surface area contributed by atoms with Crippen LogP contribution in [-0.4, -0.2) is 35.0 Å². The lowest BCUT2D eigenvalue weighted by atomic mass is 10.0. The summed E-state index contributed by atoms with van der Waals surface area (Å²) in [6.07, 6.45) is 0.916. The first-order chi connectivity index (χ1) is 9.59. The molecule has 2 unspecified atom stereocenters. The minimum absolute atomic E-state index is 0.0839. The van der Waals surface area contributed by atoms with Crippen molar-refractivity contribution in [2.75, 3.05) is 18.1 Å². The lowest BCUT2D eigenvalue weighted by molar-refractivity contribution is -0.133. The lowest BCUT2D eigenvalue weighted by Crippen LogP contribution is -2.27. The third-order valence-electron chi connectivity index (χ3n) is 3.49. The van der Waals surface area contributed by atoms with Gasteiger partial charge in [-0.2, -0.15) is 0 Å². The second-order valence-corrected chi connectivity index (χ2v) is 6.15. The summed E-state index contributed by atoms with van der Waals surface area (Å²) < 4.78 is 0. The first-order valence-corrected chi connectivity index (χ1v) is 7.88. The molecule has 1 aliphatic rings. The van der Waals surface area contributed by atoms with Crippen molar-refractivity contribution in [1.29, 1.82) is 0 Å². The fourth-order valence-corrected chi connectivity index (χ4v) is 2.93. The molecule has 1 aromatic carbocycles. The summed E-state index contributed by atoms with van der Waals surface area (Å²) in [5, 5.41) is 11.4. The van der Waals surface area contributed by atoms with Crippen molar-refractivity contribution in [1.82, 2.24) is 5.32 Å². The molecule has 2 N–H and O–H groups in total. The normalized spacial score (nSPS) is 20.4. The van der Waals surface area contributed by atoms with Crippen molar-refractivity contribution >= 4 is 23.6 Å². The number of carboxylic acid groups (broad SMARTS) is 1. The zero-order valence-electron chi connectivity index (χ0n) is 11.5. The van der Waals surface area contributed by atoms with Crippen LogP contribution in [0, 0.1) is 12.8 Å². The molecule has 20 heavy (non-hydrogen) atoms. The molecule has 0 aliphatic heterocycles. The number of aliphatic carboxylic acids is 1. The number of carbonyl (C=O) groups excluding carboxylic acids is 1. The van der Waals surface area contributed by atoms with Crippen LogP contribution in [0.5, 0.6) is 0 Å². The Morgan fingerprint density at radius 3 is 2.85 bits per heavy atom. The third-order valence-corrected chi connectivity index (χ3v) is 4.43.